The molecule has 2 atom stereocenters. The molecule has 3 amide bonds. The van der Waals surface area contributed by atoms with Crippen molar-refractivity contribution < 1.29 is 14.4 Å². The number of hydrogen-bond donors (Lipinski definition) is 1. The fraction of sp³-hybridized carbons (Fsp3) is 0.400. The Morgan fingerprint density at radius 1 is 1.14 bits per heavy atom. The highest BCUT2D eigenvalue weighted by molar-refractivity contribution is 6.34. The fourth-order valence-electron chi connectivity index (χ4n) is 3.26. The molecule has 1 saturated heterocycles. The summed E-state index contributed by atoms with van der Waals surface area (Å²) in [7, 11) is 0. The van der Waals surface area contributed by atoms with Gasteiger partial charge in [-0.15, -0.1) is 0 Å². The molecule has 0 bridgehead atoms. The van der Waals surface area contributed by atoms with Crippen molar-refractivity contribution in [3.05, 3.63) is 28.8 Å². The molecular weight excluding hydrogens is 292 g/mol. The lowest BCUT2D eigenvalue weighted by atomic mass is 9.81. The van der Waals surface area contributed by atoms with Crippen LogP contribution in [0.2, 0.25) is 5.02 Å². The third-order valence-corrected chi connectivity index (χ3v) is 4.63. The molecule has 110 valence electrons. The lowest BCUT2D eigenvalue weighted by Crippen LogP contribution is -2.31. The summed E-state index contributed by atoms with van der Waals surface area (Å²) in [5.41, 5.74) is 5.79. The first-order chi connectivity index (χ1) is 10.0. The molecule has 6 heteroatoms. The highest BCUT2D eigenvalue weighted by atomic mass is 35.5. The Hall–Kier alpha value is -1.88. The third kappa shape index (κ3) is 2.21. The molecule has 1 heterocycles. The second kappa shape index (κ2) is 5.15. The number of anilines is 1. The van der Waals surface area contributed by atoms with E-state index in [4.69, 9.17) is 17.3 Å². The standard InChI is InChI=1S/C15H15ClN2O3/c16-12-7-8(5-6-11(12)13(17)19)18-14(20)9-3-1-2-4-10(9)15(18)21/h5-7,9-10H,1-4H2,(H2,17,19)/t9-,10+. The number of imide groups is 1. The molecule has 21 heavy (non-hydrogen) atoms. The van der Waals surface area contributed by atoms with Crippen LogP contribution in [0.15, 0.2) is 18.2 Å². The zero-order valence-electron chi connectivity index (χ0n) is 11.3. The van der Waals surface area contributed by atoms with E-state index in [2.05, 4.69) is 0 Å². The Morgan fingerprint density at radius 2 is 1.71 bits per heavy atom. The topological polar surface area (TPSA) is 80.5 Å². The number of carbonyl (C=O) groups is 3. The summed E-state index contributed by atoms with van der Waals surface area (Å²) in [6.07, 6.45) is 3.49. The smallest absolute Gasteiger partial charge is 0.250 e. The Labute approximate surface area is 127 Å². The predicted octanol–water partition coefficient (Wildman–Crippen LogP) is 2.12. The Kier molecular flexibility index (Phi) is 3.45. The first kappa shape index (κ1) is 14.1. The lowest BCUT2D eigenvalue weighted by Gasteiger charge is -2.19. The van der Waals surface area contributed by atoms with Crippen LogP contribution >= 0.6 is 11.6 Å². The van der Waals surface area contributed by atoms with Crippen LogP contribution in [0.5, 0.6) is 0 Å². The van der Waals surface area contributed by atoms with Gasteiger partial charge >= 0.3 is 0 Å². The molecule has 2 aliphatic rings. The van der Waals surface area contributed by atoms with Crippen LogP contribution in [-0.2, 0) is 9.59 Å². The zero-order chi connectivity index (χ0) is 15.1. The molecule has 3 rings (SSSR count). The van der Waals surface area contributed by atoms with Crippen molar-refractivity contribution in [3.63, 3.8) is 0 Å². The van der Waals surface area contributed by atoms with Crippen molar-refractivity contribution in [3.8, 4) is 0 Å². The van der Waals surface area contributed by atoms with Gasteiger partial charge in [0.05, 0.1) is 28.1 Å². The van der Waals surface area contributed by atoms with Gasteiger partial charge in [-0.05, 0) is 31.0 Å². The van der Waals surface area contributed by atoms with Gasteiger partial charge in [-0.2, -0.15) is 0 Å². The molecule has 0 radical (unpaired) electrons. The molecule has 5 nitrogen and oxygen atoms in total. The number of fused-ring (bicyclic) bond motifs is 1. The van der Waals surface area contributed by atoms with Gasteiger partial charge in [0.1, 0.15) is 0 Å². The van der Waals surface area contributed by atoms with Gasteiger partial charge in [0.15, 0.2) is 0 Å². The number of nitrogens with two attached hydrogens (primary N) is 1. The zero-order valence-corrected chi connectivity index (χ0v) is 12.1. The first-order valence-electron chi connectivity index (χ1n) is 6.98. The van der Waals surface area contributed by atoms with E-state index in [0.29, 0.717) is 5.69 Å². The van der Waals surface area contributed by atoms with Crippen LogP contribution in [-0.4, -0.2) is 17.7 Å². The summed E-state index contributed by atoms with van der Waals surface area (Å²) < 4.78 is 0. The van der Waals surface area contributed by atoms with Crippen LogP contribution in [0.25, 0.3) is 0 Å². The van der Waals surface area contributed by atoms with Gasteiger partial charge in [-0.3, -0.25) is 19.3 Å². The van der Waals surface area contributed by atoms with Gasteiger partial charge in [-0.25, -0.2) is 0 Å². The number of rotatable bonds is 2. The molecule has 0 unspecified atom stereocenters. The molecule has 1 aliphatic carbocycles. The van der Waals surface area contributed by atoms with E-state index < -0.39 is 5.91 Å². The van der Waals surface area contributed by atoms with Crippen LogP contribution in [0.3, 0.4) is 0 Å². The first-order valence-corrected chi connectivity index (χ1v) is 7.35. The average Bonchev–Trinajstić information content (AvgIpc) is 2.71. The number of carbonyl (C=O) groups excluding carboxylic acids is 3. The quantitative estimate of drug-likeness (QED) is 0.850. The molecule has 1 aliphatic heterocycles. The Morgan fingerprint density at radius 3 is 2.19 bits per heavy atom. The van der Waals surface area contributed by atoms with Gasteiger partial charge in [0.25, 0.3) is 0 Å². The van der Waals surface area contributed by atoms with E-state index in [9.17, 15) is 14.4 Å². The van der Waals surface area contributed by atoms with E-state index in [1.165, 1.54) is 17.0 Å². The van der Waals surface area contributed by atoms with E-state index >= 15 is 0 Å². The number of primary amides is 1. The fourth-order valence-corrected chi connectivity index (χ4v) is 3.53. The summed E-state index contributed by atoms with van der Waals surface area (Å²) in [6.45, 7) is 0. The number of hydrogen-bond acceptors (Lipinski definition) is 3. The minimum atomic E-state index is -0.640. The minimum Gasteiger partial charge on any atom is -0.366 e. The van der Waals surface area contributed by atoms with Gasteiger partial charge in [-0.1, -0.05) is 24.4 Å². The number of amides is 3. The summed E-state index contributed by atoms with van der Waals surface area (Å²) in [6, 6.07) is 4.44. The molecule has 2 fully saturated rings. The van der Waals surface area contributed by atoms with Gasteiger partial charge in [0, 0.05) is 0 Å². The second-order valence-electron chi connectivity index (χ2n) is 5.54. The maximum atomic E-state index is 12.5. The van der Waals surface area contributed by atoms with Crippen molar-refractivity contribution in [2.24, 2.45) is 17.6 Å². The highest BCUT2D eigenvalue weighted by Gasteiger charge is 2.48. The largest absolute Gasteiger partial charge is 0.366 e. The van der Waals surface area contributed by atoms with Crippen LogP contribution in [0.4, 0.5) is 5.69 Å². The maximum absolute atomic E-state index is 12.5. The SMILES string of the molecule is NC(=O)c1ccc(N2C(=O)[C@H]3CCCC[C@H]3C2=O)cc1Cl. The van der Waals surface area contributed by atoms with Crippen LogP contribution in [0, 0.1) is 11.8 Å². The molecular formula is C15H15ClN2O3. The molecule has 1 aromatic carbocycles. The minimum absolute atomic E-state index is 0.149. The molecule has 1 saturated carbocycles. The highest BCUT2D eigenvalue weighted by Crippen LogP contribution is 2.40. The summed E-state index contributed by atoms with van der Waals surface area (Å²) in [4.78, 5) is 37.3. The summed E-state index contributed by atoms with van der Waals surface area (Å²) >= 11 is 6.00. The van der Waals surface area contributed by atoms with E-state index in [1.807, 2.05) is 0 Å². The van der Waals surface area contributed by atoms with Crippen molar-refractivity contribution >= 4 is 35.0 Å². The van der Waals surface area contributed by atoms with Crippen molar-refractivity contribution in [1.82, 2.24) is 0 Å². The van der Waals surface area contributed by atoms with E-state index in [1.54, 1.807) is 6.07 Å². The number of benzene rings is 1. The summed E-state index contributed by atoms with van der Waals surface area (Å²) in [5, 5.41) is 0.149. The van der Waals surface area contributed by atoms with Crippen molar-refractivity contribution in [2.75, 3.05) is 4.90 Å². The van der Waals surface area contributed by atoms with Crippen LogP contribution < -0.4 is 10.6 Å². The molecule has 0 aromatic heterocycles. The molecule has 2 N–H and O–H groups in total. The number of nitrogens with zero attached hydrogens (tertiary/aromatic N) is 1. The van der Waals surface area contributed by atoms with E-state index in [-0.39, 0.29) is 34.2 Å². The third-order valence-electron chi connectivity index (χ3n) is 4.32. The molecule has 1 aromatic rings. The average molecular weight is 307 g/mol. The Bertz CT molecular complexity index is 620. The van der Waals surface area contributed by atoms with Gasteiger partial charge < -0.3 is 5.73 Å². The second-order valence-corrected chi connectivity index (χ2v) is 5.94. The molecule has 0 spiro atoms. The van der Waals surface area contributed by atoms with E-state index in [0.717, 1.165) is 25.7 Å². The van der Waals surface area contributed by atoms with Crippen molar-refractivity contribution in [2.45, 2.75) is 25.7 Å². The van der Waals surface area contributed by atoms with Gasteiger partial charge in [0.2, 0.25) is 17.7 Å². The van der Waals surface area contributed by atoms with Crippen LogP contribution in [0.1, 0.15) is 36.0 Å². The van der Waals surface area contributed by atoms with Crippen molar-refractivity contribution in [1.29, 1.82) is 0 Å². The lowest BCUT2D eigenvalue weighted by molar-refractivity contribution is -0.122. The normalized spacial score (nSPS) is 25.1. The predicted molar refractivity (Wildman–Crippen MR) is 77.9 cm³/mol. The monoisotopic (exact) mass is 306 g/mol. The summed E-state index contributed by atoms with van der Waals surface area (Å²) in [5.74, 6) is -1.37. The Balaban J connectivity index is 1.97. The maximum Gasteiger partial charge on any atom is 0.250 e. The number of halogens is 1.